The minimum atomic E-state index is 0.527. The van der Waals surface area contributed by atoms with Gasteiger partial charge in [-0.05, 0) is 36.2 Å². The van der Waals surface area contributed by atoms with Crippen LogP contribution in [0.25, 0.3) is 0 Å². The molecular weight excluding hydrogens is 390 g/mol. The van der Waals surface area contributed by atoms with Crippen molar-refractivity contribution < 1.29 is 9.47 Å². The molecule has 3 nitrogen and oxygen atoms in total. The third-order valence-electron chi connectivity index (χ3n) is 4.34. The minimum Gasteiger partial charge on any atom is -0.493 e. The fourth-order valence-corrected chi connectivity index (χ4v) is 3.26. The van der Waals surface area contributed by atoms with Gasteiger partial charge in [-0.2, -0.15) is 0 Å². The van der Waals surface area contributed by atoms with Crippen LogP contribution in [0.3, 0.4) is 0 Å². The summed E-state index contributed by atoms with van der Waals surface area (Å²) in [4.78, 5) is 0. The highest BCUT2D eigenvalue weighted by Gasteiger charge is 2.10. The van der Waals surface area contributed by atoms with Crippen molar-refractivity contribution in [2.45, 2.75) is 52.2 Å². The first-order valence-corrected chi connectivity index (χ1v) is 10.3. The van der Waals surface area contributed by atoms with E-state index < -0.39 is 0 Å². The molecule has 0 fully saturated rings. The van der Waals surface area contributed by atoms with Crippen LogP contribution in [-0.2, 0) is 13.2 Å². The van der Waals surface area contributed by atoms with Gasteiger partial charge < -0.3 is 14.8 Å². The van der Waals surface area contributed by atoms with E-state index in [9.17, 15) is 0 Å². The molecule has 0 radical (unpaired) electrons. The Kier molecular flexibility index (Phi) is 9.57. The van der Waals surface area contributed by atoms with Crippen LogP contribution in [0.15, 0.2) is 46.9 Å². The lowest BCUT2D eigenvalue weighted by molar-refractivity contribution is 0.284. The molecule has 0 aliphatic heterocycles. The maximum Gasteiger partial charge on any atom is 0.162 e. The fourth-order valence-electron chi connectivity index (χ4n) is 2.80. The van der Waals surface area contributed by atoms with E-state index in [-0.39, 0.29) is 0 Å². The first-order chi connectivity index (χ1) is 12.7. The molecule has 2 aromatic rings. The van der Waals surface area contributed by atoms with Crippen molar-refractivity contribution in [3.05, 3.63) is 58.1 Å². The molecule has 0 unspecified atom stereocenters. The molecule has 0 amide bonds. The van der Waals surface area contributed by atoms with Crippen LogP contribution in [0, 0.1) is 0 Å². The summed E-state index contributed by atoms with van der Waals surface area (Å²) in [5.41, 5.74) is 2.32. The molecule has 142 valence electrons. The van der Waals surface area contributed by atoms with Gasteiger partial charge >= 0.3 is 0 Å². The highest BCUT2D eigenvalue weighted by Crippen LogP contribution is 2.34. The van der Waals surface area contributed by atoms with Crippen LogP contribution < -0.4 is 14.8 Å². The molecule has 0 saturated heterocycles. The molecule has 0 aliphatic carbocycles. The summed E-state index contributed by atoms with van der Waals surface area (Å²) in [5, 5.41) is 3.52. The third kappa shape index (κ3) is 7.00. The second-order valence-corrected chi connectivity index (χ2v) is 7.31. The largest absolute Gasteiger partial charge is 0.493 e. The number of rotatable bonds is 12. The predicted molar refractivity (Wildman–Crippen MR) is 112 cm³/mol. The van der Waals surface area contributed by atoms with Gasteiger partial charge in [0.2, 0.25) is 0 Å². The topological polar surface area (TPSA) is 30.5 Å². The van der Waals surface area contributed by atoms with Gasteiger partial charge in [0.15, 0.2) is 11.5 Å². The van der Waals surface area contributed by atoms with Crippen molar-refractivity contribution in [2.24, 2.45) is 0 Å². The predicted octanol–water partition coefficient (Wildman–Crippen LogP) is 6.10. The van der Waals surface area contributed by atoms with Crippen molar-refractivity contribution in [3.8, 4) is 11.5 Å². The maximum atomic E-state index is 5.96. The van der Waals surface area contributed by atoms with Crippen LogP contribution >= 0.6 is 15.9 Å². The van der Waals surface area contributed by atoms with E-state index in [4.69, 9.17) is 9.47 Å². The summed E-state index contributed by atoms with van der Waals surface area (Å²) in [6.45, 7) is 4.64. The number of ether oxygens (including phenoxy) is 2. The zero-order valence-electron chi connectivity index (χ0n) is 15.9. The second-order valence-electron chi connectivity index (χ2n) is 6.46. The monoisotopic (exact) mass is 419 g/mol. The van der Waals surface area contributed by atoms with Crippen molar-refractivity contribution in [3.63, 3.8) is 0 Å². The van der Waals surface area contributed by atoms with Crippen LogP contribution in [0.1, 0.15) is 50.2 Å². The van der Waals surface area contributed by atoms with Gasteiger partial charge in [-0.15, -0.1) is 0 Å². The molecule has 0 aliphatic rings. The Morgan fingerprint density at radius 2 is 1.73 bits per heavy atom. The standard InChI is InChI=1S/C22H30BrNO2/c1-3-4-5-6-10-13-24-16-19-14-21(25-2)22(15-20(19)23)26-17-18-11-8-7-9-12-18/h7-9,11-12,14-15,24H,3-6,10,13,16-17H2,1-2H3. The van der Waals surface area contributed by atoms with Crippen molar-refractivity contribution in [1.82, 2.24) is 5.32 Å². The SMILES string of the molecule is CCCCCCCNCc1cc(OC)c(OCc2ccccc2)cc1Br. The average molecular weight is 420 g/mol. The average Bonchev–Trinajstić information content (AvgIpc) is 2.67. The Hall–Kier alpha value is -1.52. The maximum absolute atomic E-state index is 5.96. The van der Waals surface area contributed by atoms with E-state index in [1.807, 2.05) is 24.3 Å². The van der Waals surface area contributed by atoms with Gasteiger partial charge in [-0.1, -0.05) is 78.9 Å². The summed E-state index contributed by atoms with van der Waals surface area (Å²) >= 11 is 3.66. The molecule has 1 N–H and O–H groups in total. The molecule has 4 heteroatoms. The van der Waals surface area contributed by atoms with Crippen LogP contribution in [0.2, 0.25) is 0 Å². The van der Waals surface area contributed by atoms with E-state index in [0.29, 0.717) is 6.61 Å². The van der Waals surface area contributed by atoms with Gasteiger partial charge in [0.1, 0.15) is 6.61 Å². The number of hydrogen-bond donors (Lipinski definition) is 1. The fraction of sp³-hybridized carbons (Fsp3) is 0.455. The molecule has 0 saturated carbocycles. The normalized spacial score (nSPS) is 10.7. The van der Waals surface area contributed by atoms with Crippen LogP contribution in [-0.4, -0.2) is 13.7 Å². The van der Waals surface area contributed by atoms with Crippen molar-refractivity contribution >= 4 is 15.9 Å². The number of nitrogens with one attached hydrogen (secondary N) is 1. The number of unbranched alkanes of at least 4 members (excludes halogenated alkanes) is 4. The summed E-state index contributed by atoms with van der Waals surface area (Å²) in [7, 11) is 1.68. The highest BCUT2D eigenvalue weighted by atomic mass is 79.9. The summed E-state index contributed by atoms with van der Waals surface area (Å²) in [5.74, 6) is 1.52. The Morgan fingerprint density at radius 1 is 0.962 bits per heavy atom. The molecule has 2 rings (SSSR count). The van der Waals surface area contributed by atoms with Gasteiger partial charge in [-0.25, -0.2) is 0 Å². The van der Waals surface area contributed by atoms with Crippen molar-refractivity contribution in [1.29, 1.82) is 0 Å². The minimum absolute atomic E-state index is 0.527. The first kappa shape index (κ1) is 20.8. The van der Waals surface area contributed by atoms with E-state index >= 15 is 0 Å². The molecule has 0 heterocycles. The molecule has 26 heavy (non-hydrogen) atoms. The van der Waals surface area contributed by atoms with E-state index in [1.54, 1.807) is 7.11 Å². The van der Waals surface area contributed by atoms with E-state index in [1.165, 1.54) is 37.7 Å². The van der Waals surface area contributed by atoms with E-state index in [2.05, 4.69) is 46.4 Å². The molecule has 0 spiro atoms. The Balaban J connectivity index is 1.87. The van der Waals surface area contributed by atoms with Gasteiger partial charge in [0.05, 0.1) is 7.11 Å². The molecule has 0 bridgehead atoms. The lowest BCUT2D eigenvalue weighted by Crippen LogP contribution is -2.15. The number of hydrogen-bond acceptors (Lipinski definition) is 3. The Labute approximate surface area is 166 Å². The van der Waals surface area contributed by atoms with Crippen LogP contribution in [0.4, 0.5) is 0 Å². The molecular formula is C22H30BrNO2. The van der Waals surface area contributed by atoms with E-state index in [0.717, 1.165) is 34.6 Å². The van der Waals surface area contributed by atoms with Gasteiger partial charge in [-0.3, -0.25) is 0 Å². The number of benzene rings is 2. The quantitative estimate of drug-likeness (QED) is 0.421. The Morgan fingerprint density at radius 3 is 2.46 bits per heavy atom. The third-order valence-corrected chi connectivity index (χ3v) is 5.08. The first-order valence-electron chi connectivity index (χ1n) is 9.48. The highest BCUT2D eigenvalue weighted by molar-refractivity contribution is 9.10. The van der Waals surface area contributed by atoms with Gasteiger partial charge in [0.25, 0.3) is 0 Å². The van der Waals surface area contributed by atoms with Crippen molar-refractivity contribution in [2.75, 3.05) is 13.7 Å². The smallest absolute Gasteiger partial charge is 0.162 e. The lowest BCUT2D eigenvalue weighted by atomic mass is 10.1. The summed E-state index contributed by atoms with van der Waals surface area (Å²) in [6.07, 6.45) is 6.50. The Bertz CT molecular complexity index is 646. The zero-order valence-corrected chi connectivity index (χ0v) is 17.5. The zero-order chi connectivity index (χ0) is 18.6. The lowest BCUT2D eigenvalue weighted by Gasteiger charge is -2.14. The number of halogens is 1. The number of methoxy groups -OCH3 is 1. The molecule has 2 aromatic carbocycles. The van der Waals surface area contributed by atoms with Crippen LogP contribution in [0.5, 0.6) is 11.5 Å². The summed E-state index contributed by atoms with van der Waals surface area (Å²) in [6, 6.07) is 14.2. The molecule has 0 aromatic heterocycles. The second kappa shape index (κ2) is 12.0. The summed E-state index contributed by atoms with van der Waals surface area (Å²) < 4.78 is 12.5. The van der Waals surface area contributed by atoms with Gasteiger partial charge in [0, 0.05) is 11.0 Å². The molecule has 0 atom stereocenters.